The molecule has 1 atom stereocenters. The zero-order valence-corrected chi connectivity index (χ0v) is 11.7. The van der Waals surface area contributed by atoms with Crippen LogP contribution >= 0.6 is 11.3 Å². The smallest absolute Gasteiger partial charge is 0.273 e. The van der Waals surface area contributed by atoms with Gasteiger partial charge in [-0.3, -0.25) is 9.69 Å². The summed E-state index contributed by atoms with van der Waals surface area (Å²) in [4.78, 5) is 20.5. The van der Waals surface area contributed by atoms with Crippen LogP contribution in [-0.4, -0.2) is 52.9 Å². The van der Waals surface area contributed by atoms with E-state index in [1.54, 1.807) is 5.38 Å². The molecule has 0 radical (unpaired) electrons. The molecule has 0 spiro atoms. The molecule has 0 bridgehead atoms. The molecule has 1 aromatic heterocycles. The van der Waals surface area contributed by atoms with E-state index in [9.17, 15) is 4.79 Å². The third-order valence-electron chi connectivity index (χ3n) is 3.56. The number of nitrogens with zero attached hydrogens (tertiary/aromatic N) is 3. The number of hydrogen-bond donors (Lipinski definition) is 1. The van der Waals surface area contributed by atoms with Gasteiger partial charge in [-0.25, -0.2) is 4.98 Å². The molecule has 1 fully saturated rings. The number of amides is 1. The number of rotatable bonds is 3. The van der Waals surface area contributed by atoms with Gasteiger partial charge in [-0.15, -0.1) is 11.3 Å². The van der Waals surface area contributed by atoms with Crippen LogP contribution in [-0.2, 0) is 0 Å². The fourth-order valence-corrected chi connectivity index (χ4v) is 2.71. The quantitative estimate of drug-likeness (QED) is 0.897. The molecule has 2 rings (SSSR count). The van der Waals surface area contributed by atoms with Crippen molar-refractivity contribution in [3.8, 4) is 0 Å². The maximum atomic E-state index is 12.2. The molecule has 100 valence electrons. The van der Waals surface area contributed by atoms with Gasteiger partial charge in [0.2, 0.25) is 0 Å². The van der Waals surface area contributed by atoms with Gasteiger partial charge in [0, 0.05) is 37.6 Å². The molecule has 1 unspecified atom stereocenters. The van der Waals surface area contributed by atoms with Crippen LogP contribution in [0.15, 0.2) is 5.38 Å². The van der Waals surface area contributed by atoms with Gasteiger partial charge >= 0.3 is 0 Å². The van der Waals surface area contributed by atoms with Gasteiger partial charge in [0.05, 0.1) is 0 Å². The molecule has 0 aromatic carbocycles. The van der Waals surface area contributed by atoms with Crippen molar-refractivity contribution in [2.24, 2.45) is 0 Å². The van der Waals surface area contributed by atoms with E-state index in [1.165, 1.54) is 11.3 Å². The van der Waals surface area contributed by atoms with Crippen LogP contribution < -0.4 is 5.73 Å². The van der Waals surface area contributed by atoms with E-state index in [0.29, 0.717) is 16.9 Å². The van der Waals surface area contributed by atoms with Crippen molar-refractivity contribution >= 4 is 22.4 Å². The summed E-state index contributed by atoms with van der Waals surface area (Å²) in [5, 5.41) is 2.19. The van der Waals surface area contributed by atoms with Crippen molar-refractivity contribution < 1.29 is 4.79 Å². The number of aromatic nitrogens is 1. The van der Waals surface area contributed by atoms with Gasteiger partial charge in [0.15, 0.2) is 5.13 Å². The molecule has 1 aliphatic heterocycles. The topological polar surface area (TPSA) is 62.5 Å². The average molecular weight is 268 g/mol. The zero-order valence-electron chi connectivity index (χ0n) is 10.9. The van der Waals surface area contributed by atoms with E-state index in [4.69, 9.17) is 5.73 Å². The van der Waals surface area contributed by atoms with Gasteiger partial charge in [-0.2, -0.15) is 0 Å². The second-order valence-electron chi connectivity index (χ2n) is 4.66. The molecular weight excluding hydrogens is 248 g/mol. The van der Waals surface area contributed by atoms with Crippen LogP contribution in [0.3, 0.4) is 0 Å². The van der Waals surface area contributed by atoms with Gasteiger partial charge < -0.3 is 10.6 Å². The van der Waals surface area contributed by atoms with Crippen LogP contribution in [0.25, 0.3) is 0 Å². The summed E-state index contributed by atoms with van der Waals surface area (Å²) in [5.74, 6) is 0.00625. The van der Waals surface area contributed by atoms with E-state index < -0.39 is 0 Å². The summed E-state index contributed by atoms with van der Waals surface area (Å²) in [5.41, 5.74) is 6.04. The Kier molecular flexibility index (Phi) is 4.19. The predicted octanol–water partition coefficient (Wildman–Crippen LogP) is 1.28. The number of thiazole rings is 1. The summed E-state index contributed by atoms with van der Waals surface area (Å²) in [6.45, 7) is 7.88. The molecule has 6 heteroatoms. The average Bonchev–Trinajstić information content (AvgIpc) is 2.84. The first kappa shape index (κ1) is 13.3. The summed E-state index contributed by atoms with van der Waals surface area (Å²) in [7, 11) is 0. The molecule has 2 N–H and O–H groups in total. The Balaban J connectivity index is 1.92. The minimum absolute atomic E-state index is 0.00625. The molecule has 1 amide bonds. The molecular formula is C12H20N4OS. The Hall–Kier alpha value is -1.14. The second-order valence-corrected chi connectivity index (χ2v) is 5.55. The number of carbonyl (C=O) groups excluding carboxylic acids is 1. The molecule has 1 aromatic rings. The number of nitrogen functional groups attached to an aromatic ring is 1. The summed E-state index contributed by atoms with van der Waals surface area (Å²) in [6.07, 6.45) is 1.15. The lowest BCUT2D eigenvalue weighted by molar-refractivity contribution is 0.0575. The number of nitrogens with two attached hydrogens (primary N) is 1. The van der Waals surface area contributed by atoms with Crippen molar-refractivity contribution in [3.63, 3.8) is 0 Å². The van der Waals surface area contributed by atoms with Crippen LogP contribution in [0.4, 0.5) is 5.13 Å². The van der Waals surface area contributed by atoms with E-state index in [0.717, 1.165) is 32.6 Å². The Morgan fingerprint density at radius 3 is 2.67 bits per heavy atom. The molecule has 2 heterocycles. The van der Waals surface area contributed by atoms with Crippen LogP contribution in [0, 0.1) is 0 Å². The maximum absolute atomic E-state index is 12.2. The molecule has 18 heavy (non-hydrogen) atoms. The van der Waals surface area contributed by atoms with Gasteiger partial charge in [0.25, 0.3) is 5.91 Å². The minimum atomic E-state index is 0.00625. The normalized spacial score (nSPS) is 18.9. The van der Waals surface area contributed by atoms with Crippen molar-refractivity contribution in [1.82, 2.24) is 14.8 Å². The summed E-state index contributed by atoms with van der Waals surface area (Å²) < 4.78 is 0. The number of carbonyl (C=O) groups is 1. The highest BCUT2D eigenvalue weighted by Crippen LogP contribution is 2.15. The van der Waals surface area contributed by atoms with E-state index >= 15 is 0 Å². The first-order valence-electron chi connectivity index (χ1n) is 6.36. The highest BCUT2D eigenvalue weighted by Gasteiger charge is 2.25. The third-order valence-corrected chi connectivity index (χ3v) is 4.23. The monoisotopic (exact) mass is 268 g/mol. The van der Waals surface area contributed by atoms with Crippen molar-refractivity contribution in [2.75, 3.05) is 31.9 Å². The van der Waals surface area contributed by atoms with E-state index in [1.807, 2.05) is 4.90 Å². The largest absolute Gasteiger partial charge is 0.375 e. The Morgan fingerprint density at radius 2 is 2.17 bits per heavy atom. The SMILES string of the molecule is CCC(C)N1CCN(C(=O)c2csc(N)n2)CC1. The van der Waals surface area contributed by atoms with Gasteiger partial charge in [0.1, 0.15) is 5.69 Å². The van der Waals surface area contributed by atoms with Crippen LogP contribution in [0.2, 0.25) is 0 Å². The van der Waals surface area contributed by atoms with E-state index in [2.05, 4.69) is 23.7 Å². The fraction of sp³-hybridized carbons (Fsp3) is 0.667. The van der Waals surface area contributed by atoms with Crippen molar-refractivity contribution in [2.45, 2.75) is 26.3 Å². The Labute approximate surface area is 112 Å². The lowest BCUT2D eigenvalue weighted by Crippen LogP contribution is -2.51. The van der Waals surface area contributed by atoms with Crippen molar-refractivity contribution in [1.29, 1.82) is 0 Å². The zero-order chi connectivity index (χ0) is 13.1. The lowest BCUT2D eigenvalue weighted by Gasteiger charge is -2.37. The van der Waals surface area contributed by atoms with E-state index in [-0.39, 0.29) is 5.91 Å². The number of anilines is 1. The summed E-state index contributed by atoms with van der Waals surface area (Å²) >= 11 is 1.31. The lowest BCUT2D eigenvalue weighted by atomic mass is 10.2. The fourth-order valence-electron chi connectivity index (χ4n) is 2.17. The Bertz CT molecular complexity index is 412. The van der Waals surface area contributed by atoms with Crippen molar-refractivity contribution in [3.05, 3.63) is 11.1 Å². The molecule has 5 nitrogen and oxygen atoms in total. The molecule has 1 saturated heterocycles. The Morgan fingerprint density at radius 1 is 1.50 bits per heavy atom. The highest BCUT2D eigenvalue weighted by atomic mass is 32.1. The summed E-state index contributed by atoms with van der Waals surface area (Å²) in [6, 6.07) is 0.595. The first-order chi connectivity index (χ1) is 8.61. The number of piperazine rings is 1. The molecule has 0 saturated carbocycles. The second kappa shape index (κ2) is 5.67. The minimum Gasteiger partial charge on any atom is -0.375 e. The number of hydrogen-bond acceptors (Lipinski definition) is 5. The highest BCUT2D eigenvalue weighted by molar-refractivity contribution is 7.13. The van der Waals surface area contributed by atoms with Gasteiger partial charge in [-0.1, -0.05) is 6.92 Å². The predicted molar refractivity (Wildman–Crippen MR) is 73.8 cm³/mol. The third kappa shape index (κ3) is 2.81. The standard InChI is InChI=1S/C12H20N4OS/c1-3-9(2)15-4-6-16(7-5-15)11(17)10-8-18-12(13)14-10/h8-9H,3-7H2,1-2H3,(H2,13,14). The first-order valence-corrected chi connectivity index (χ1v) is 7.24. The molecule has 1 aliphatic rings. The van der Waals surface area contributed by atoms with Crippen LogP contribution in [0.5, 0.6) is 0 Å². The van der Waals surface area contributed by atoms with Crippen LogP contribution in [0.1, 0.15) is 30.8 Å². The molecule has 0 aliphatic carbocycles. The van der Waals surface area contributed by atoms with Gasteiger partial charge in [-0.05, 0) is 13.3 Å². The maximum Gasteiger partial charge on any atom is 0.273 e.